The fourth-order valence-corrected chi connectivity index (χ4v) is 4.44. The van der Waals surface area contributed by atoms with Crippen molar-refractivity contribution in [2.24, 2.45) is 0 Å². The molecule has 0 atom stereocenters. The molecule has 8 heteroatoms. The van der Waals surface area contributed by atoms with Crippen LogP contribution in [0.2, 0.25) is 0 Å². The third-order valence-corrected chi connectivity index (χ3v) is 6.24. The van der Waals surface area contributed by atoms with Crippen molar-refractivity contribution in [3.8, 4) is 5.75 Å². The maximum absolute atomic E-state index is 13.5. The van der Waals surface area contributed by atoms with E-state index in [1.54, 1.807) is 12.1 Å². The Morgan fingerprint density at radius 3 is 1.97 bits per heavy atom. The SMILES string of the molecule is O=c1cc(CCl)c2ccc(OP(=O)(OCc3ccccc3)OCc3ccccc3)cc2o1. The largest absolute Gasteiger partial charge is 0.530 e. The molecule has 0 spiro atoms. The van der Waals surface area contributed by atoms with Gasteiger partial charge in [-0.25, -0.2) is 9.36 Å². The zero-order chi connectivity index (χ0) is 22.4. The second-order valence-corrected chi connectivity index (χ2v) is 8.80. The number of phosphoric acid groups is 1. The number of halogens is 1. The van der Waals surface area contributed by atoms with Crippen LogP contribution in [-0.2, 0) is 32.7 Å². The van der Waals surface area contributed by atoms with E-state index in [1.165, 1.54) is 12.1 Å². The van der Waals surface area contributed by atoms with E-state index >= 15 is 0 Å². The highest BCUT2D eigenvalue weighted by molar-refractivity contribution is 7.48. The quantitative estimate of drug-likeness (QED) is 0.159. The number of phosphoric ester groups is 1. The first kappa shape index (κ1) is 22.3. The minimum absolute atomic E-state index is 0.0337. The third kappa shape index (κ3) is 5.67. The molecule has 0 saturated carbocycles. The molecule has 0 aliphatic heterocycles. The van der Waals surface area contributed by atoms with Gasteiger partial charge in [0.1, 0.15) is 11.3 Å². The molecule has 0 bridgehead atoms. The molecular weight excluding hydrogens is 451 g/mol. The van der Waals surface area contributed by atoms with E-state index in [9.17, 15) is 9.36 Å². The summed E-state index contributed by atoms with van der Waals surface area (Å²) in [4.78, 5) is 11.8. The predicted molar refractivity (Wildman–Crippen MR) is 123 cm³/mol. The number of hydrogen-bond acceptors (Lipinski definition) is 6. The van der Waals surface area contributed by atoms with Gasteiger partial charge in [-0.2, -0.15) is 0 Å². The van der Waals surface area contributed by atoms with E-state index in [-0.39, 0.29) is 30.4 Å². The van der Waals surface area contributed by atoms with Crippen LogP contribution in [-0.4, -0.2) is 0 Å². The number of fused-ring (bicyclic) bond motifs is 1. The van der Waals surface area contributed by atoms with E-state index in [0.29, 0.717) is 10.9 Å². The molecule has 6 nitrogen and oxygen atoms in total. The van der Waals surface area contributed by atoms with Gasteiger partial charge in [0.15, 0.2) is 0 Å². The highest BCUT2D eigenvalue weighted by Crippen LogP contribution is 2.51. The molecule has 4 rings (SSSR count). The van der Waals surface area contributed by atoms with Crippen molar-refractivity contribution in [2.45, 2.75) is 19.1 Å². The van der Waals surface area contributed by atoms with E-state index in [2.05, 4.69) is 0 Å². The molecule has 164 valence electrons. The van der Waals surface area contributed by atoms with Crippen LogP contribution in [0.3, 0.4) is 0 Å². The van der Waals surface area contributed by atoms with Crippen molar-refractivity contribution in [1.29, 1.82) is 0 Å². The maximum atomic E-state index is 13.5. The fraction of sp³-hybridized carbons (Fsp3) is 0.125. The van der Waals surface area contributed by atoms with Gasteiger partial charge in [0.2, 0.25) is 0 Å². The first-order valence-electron chi connectivity index (χ1n) is 9.84. The highest BCUT2D eigenvalue weighted by atomic mass is 35.5. The lowest BCUT2D eigenvalue weighted by Crippen LogP contribution is -2.04. The van der Waals surface area contributed by atoms with Gasteiger partial charge in [-0.1, -0.05) is 60.7 Å². The second kappa shape index (κ2) is 10.2. The van der Waals surface area contributed by atoms with E-state index < -0.39 is 13.4 Å². The Bertz CT molecular complexity index is 1240. The normalized spacial score (nSPS) is 11.5. The molecule has 3 aromatic carbocycles. The van der Waals surface area contributed by atoms with Crippen molar-refractivity contribution in [1.82, 2.24) is 0 Å². The van der Waals surface area contributed by atoms with E-state index in [1.807, 2.05) is 60.7 Å². The Labute approximate surface area is 189 Å². The molecule has 4 aromatic rings. The molecule has 0 aliphatic rings. The summed E-state index contributed by atoms with van der Waals surface area (Å²) in [6, 6.07) is 24.7. The summed E-state index contributed by atoms with van der Waals surface area (Å²) in [7, 11) is -4.03. The average Bonchev–Trinajstić information content (AvgIpc) is 2.82. The number of benzene rings is 3. The van der Waals surface area contributed by atoms with Gasteiger partial charge >= 0.3 is 13.4 Å². The second-order valence-electron chi connectivity index (χ2n) is 6.94. The number of hydrogen-bond donors (Lipinski definition) is 0. The molecule has 0 fully saturated rings. The van der Waals surface area contributed by atoms with Crippen LogP contribution in [0, 0.1) is 0 Å². The van der Waals surface area contributed by atoms with Gasteiger partial charge in [0.05, 0.1) is 13.2 Å². The van der Waals surface area contributed by atoms with Gasteiger partial charge in [0.25, 0.3) is 0 Å². The summed E-state index contributed by atoms with van der Waals surface area (Å²) < 4.78 is 35.7. The number of rotatable bonds is 9. The van der Waals surface area contributed by atoms with Crippen LogP contribution in [0.5, 0.6) is 5.75 Å². The first-order chi connectivity index (χ1) is 15.5. The van der Waals surface area contributed by atoms with Crippen LogP contribution >= 0.6 is 19.4 Å². The topological polar surface area (TPSA) is 75.0 Å². The molecule has 0 N–H and O–H groups in total. The van der Waals surface area contributed by atoms with Crippen molar-refractivity contribution in [2.75, 3.05) is 0 Å². The summed E-state index contributed by atoms with van der Waals surface area (Å²) in [5, 5.41) is 0.664. The Balaban J connectivity index is 1.59. The Morgan fingerprint density at radius 2 is 1.41 bits per heavy atom. The first-order valence-corrected chi connectivity index (χ1v) is 11.8. The molecular formula is C24H20ClO6P. The van der Waals surface area contributed by atoms with Gasteiger partial charge in [-0.15, -0.1) is 11.6 Å². The molecule has 1 heterocycles. The third-order valence-electron chi connectivity index (χ3n) is 4.63. The van der Waals surface area contributed by atoms with Gasteiger partial charge in [-0.3, -0.25) is 9.05 Å². The molecule has 0 aliphatic carbocycles. The smallest absolute Gasteiger partial charge is 0.423 e. The molecule has 0 unspecified atom stereocenters. The standard InChI is InChI=1S/C24H20ClO6P/c25-15-20-13-24(26)30-23-14-21(11-12-22(20)23)31-32(27,28-16-18-7-3-1-4-8-18)29-17-19-9-5-2-6-10-19/h1-14H,15-17H2. The number of alkyl halides is 1. The Morgan fingerprint density at radius 1 is 0.812 bits per heavy atom. The zero-order valence-corrected chi connectivity index (χ0v) is 18.6. The minimum Gasteiger partial charge on any atom is -0.423 e. The predicted octanol–water partition coefficient (Wildman–Crippen LogP) is 6.45. The van der Waals surface area contributed by atoms with Gasteiger partial charge in [-0.05, 0) is 28.8 Å². The van der Waals surface area contributed by atoms with Crippen LogP contribution < -0.4 is 10.1 Å². The molecule has 0 saturated heterocycles. The van der Waals surface area contributed by atoms with Crippen molar-refractivity contribution < 1.29 is 22.6 Å². The average molecular weight is 471 g/mol. The zero-order valence-electron chi connectivity index (χ0n) is 17.0. The van der Waals surface area contributed by atoms with Crippen molar-refractivity contribution in [3.63, 3.8) is 0 Å². The molecule has 0 radical (unpaired) electrons. The molecule has 1 aromatic heterocycles. The summed E-state index contributed by atoms with van der Waals surface area (Å²) >= 11 is 5.93. The lowest BCUT2D eigenvalue weighted by molar-refractivity contribution is 0.143. The van der Waals surface area contributed by atoms with Crippen molar-refractivity contribution >= 4 is 30.4 Å². The van der Waals surface area contributed by atoms with Crippen LogP contribution in [0.4, 0.5) is 0 Å². The summed E-state index contributed by atoms with van der Waals surface area (Å²) in [6.07, 6.45) is 0. The van der Waals surface area contributed by atoms with Crippen LogP contribution in [0.1, 0.15) is 16.7 Å². The maximum Gasteiger partial charge on any atom is 0.530 e. The monoisotopic (exact) mass is 470 g/mol. The van der Waals surface area contributed by atoms with Gasteiger partial charge in [0, 0.05) is 23.4 Å². The van der Waals surface area contributed by atoms with E-state index in [4.69, 9.17) is 29.6 Å². The van der Waals surface area contributed by atoms with Crippen LogP contribution in [0.25, 0.3) is 11.0 Å². The Kier molecular flexibility index (Phi) is 7.08. The summed E-state index contributed by atoms with van der Waals surface area (Å²) in [6.45, 7) is 0.0674. The highest BCUT2D eigenvalue weighted by Gasteiger charge is 2.29. The summed E-state index contributed by atoms with van der Waals surface area (Å²) in [5.74, 6) is 0.332. The summed E-state index contributed by atoms with van der Waals surface area (Å²) in [5.41, 5.74) is 2.00. The molecule has 32 heavy (non-hydrogen) atoms. The van der Waals surface area contributed by atoms with Crippen LogP contribution in [0.15, 0.2) is 94.1 Å². The minimum atomic E-state index is -4.03. The van der Waals surface area contributed by atoms with E-state index in [0.717, 1.165) is 11.1 Å². The molecule has 0 amide bonds. The lowest BCUT2D eigenvalue weighted by Gasteiger charge is -2.19. The van der Waals surface area contributed by atoms with Crippen molar-refractivity contribution in [3.05, 3.63) is 112 Å². The van der Waals surface area contributed by atoms with Gasteiger partial charge < -0.3 is 8.94 Å². The fourth-order valence-electron chi connectivity index (χ4n) is 3.05. The Hall–Kier alpha value is -2.89. The lowest BCUT2D eigenvalue weighted by atomic mass is 10.1.